The van der Waals surface area contributed by atoms with Crippen LogP contribution in [0.1, 0.15) is 16.7 Å². The fourth-order valence-corrected chi connectivity index (χ4v) is 2.73. The Balaban J connectivity index is 1.77. The molecule has 0 aliphatic heterocycles. The predicted molar refractivity (Wildman–Crippen MR) is 107 cm³/mol. The van der Waals surface area contributed by atoms with Crippen molar-refractivity contribution in [1.82, 2.24) is 4.90 Å². The minimum Gasteiger partial charge on any atom is -0.363 e. The number of rotatable bonds is 7. The molecular formula is C24H23N. The van der Waals surface area contributed by atoms with Gasteiger partial charge >= 0.3 is 0 Å². The highest BCUT2D eigenvalue weighted by atomic mass is 15.1. The largest absolute Gasteiger partial charge is 0.363 e. The molecule has 1 nitrogen and oxygen atoms in total. The molecule has 0 spiro atoms. The normalized spacial score (nSPS) is 10.7. The van der Waals surface area contributed by atoms with Gasteiger partial charge in [-0.3, -0.25) is 0 Å². The first-order valence-corrected chi connectivity index (χ1v) is 8.56. The monoisotopic (exact) mass is 325 g/mol. The van der Waals surface area contributed by atoms with Crippen LogP contribution in [0.15, 0.2) is 109 Å². The maximum atomic E-state index is 4.30. The van der Waals surface area contributed by atoms with Crippen molar-refractivity contribution < 1.29 is 0 Å². The molecule has 3 aromatic carbocycles. The molecule has 3 rings (SSSR count). The second-order valence-electron chi connectivity index (χ2n) is 6.06. The lowest BCUT2D eigenvalue weighted by molar-refractivity contribution is 0.341. The van der Waals surface area contributed by atoms with E-state index in [1.165, 1.54) is 16.7 Å². The number of allylic oxidation sites excluding steroid dienone is 1. The second kappa shape index (κ2) is 8.70. The lowest BCUT2D eigenvalue weighted by Gasteiger charge is -2.25. The third-order valence-electron chi connectivity index (χ3n) is 4.11. The van der Waals surface area contributed by atoms with Gasteiger partial charge in [0.2, 0.25) is 0 Å². The molecule has 124 valence electrons. The van der Waals surface area contributed by atoms with E-state index in [0.717, 1.165) is 18.8 Å². The zero-order chi connectivity index (χ0) is 17.3. The summed E-state index contributed by atoms with van der Waals surface area (Å²) >= 11 is 0. The summed E-state index contributed by atoms with van der Waals surface area (Å²) in [6.45, 7) is 5.98. The van der Waals surface area contributed by atoms with E-state index < -0.39 is 0 Å². The minimum absolute atomic E-state index is 0.841. The van der Waals surface area contributed by atoms with Gasteiger partial charge in [-0.15, -0.1) is 0 Å². The van der Waals surface area contributed by atoms with Crippen molar-refractivity contribution >= 4 is 6.08 Å². The summed E-state index contributed by atoms with van der Waals surface area (Å²) in [5, 5.41) is 0. The first-order chi connectivity index (χ1) is 12.3. The molecule has 25 heavy (non-hydrogen) atoms. The molecule has 0 bridgehead atoms. The Labute approximate surface area is 150 Å². The fourth-order valence-electron chi connectivity index (χ4n) is 2.73. The van der Waals surface area contributed by atoms with E-state index in [0.29, 0.717) is 0 Å². The standard InChI is InChI=1S/C24H23N/c1-21(17-18-22-11-5-2-6-12-22)25(19-23-13-7-3-8-14-23)20-24-15-9-4-10-16-24/h2-18H,1,19-20H2/b18-17+. The zero-order valence-corrected chi connectivity index (χ0v) is 14.4. The van der Waals surface area contributed by atoms with E-state index in [-0.39, 0.29) is 0 Å². The van der Waals surface area contributed by atoms with Gasteiger partial charge in [-0.1, -0.05) is 104 Å². The van der Waals surface area contributed by atoms with Crippen LogP contribution in [-0.2, 0) is 13.1 Å². The van der Waals surface area contributed by atoms with E-state index in [1.54, 1.807) is 0 Å². The van der Waals surface area contributed by atoms with Gasteiger partial charge in [0, 0.05) is 18.8 Å². The van der Waals surface area contributed by atoms with E-state index in [1.807, 2.05) is 18.2 Å². The van der Waals surface area contributed by atoms with E-state index in [2.05, 4.69) is 96.4 Å². The Kier molecular flexibility index (Phi) is 5.84. The Morgan fingerprint density at radius 1 is 0.680 bits per heavy atom. The summed E-state index contributed by atoms with van der Waals surface area (Å²) in [6.07, 6.45) is 4.21. The van der Waals surface area contributed by atoms with Crippen molar-refractivity contribution in [3.8, 4) is 0 Å². The Bertz CT molecular complexity index is 763. The van der Waals surface area contributed by atoms with E-state index in [4.69, 9.17) is 0 Å². The van der Waals surface area contributed by atoms with Crippen LogP contribution in [-0.4, -0.2) is 4.90 Å². The highest BCUT2D eigenvalue weighted by Crippen LogP contribution is 2.16. The first kappa shape index (κ1) is 16.8. The minimum atomic E-state index is 0.841. The molecule has 0 unspecified atom stereocenters. The van der Waals surface area contributed by atoms with Gasteiger partial charge in [0.05, 0.1) is 0 Å². The Morgan fingerprint density at radius 2 is 1.12 bits per heavy atom. The summed E-state index contributed by atoms with van der Waals surface area (Å²) in [5.41, 5.74) is 4.76. The Morgan fingerprint density at radius 3 is 1.60 bits per heavy atom. The molecule has 1 heteroatoms. The summed E-state index contributed by atoms with van der Waals surface area (Å²) in [7, 11) is 0. The summed E-state index contributed by atoms with van der Waals surface area (Å²) in [5.74, 6) is 0. The van der Waals surface area contributed by atoms with Crippen molar-refractivity contribution in [2.45, 2.75) is 13.1 Å². The average molecular weight is 325 g/mol. The molecule has 3 aromatic rings. The van der Waals surface area contributed by atoms with Gasteiger partial charge in [-0.05, 0) is 22.8 Å². The number of hydrogen-bond donors (Lipinski definition) is 0. The highest BCUT2D eigenvalue weighted by Gasteiger charge is 2.07. The molecule has 0 saturated heterocycles. The van der Waals surface area contributed by atoms with Gasteiger partial charge in [0.1, 0.15) is 0 Å². The van der Waals surface area contributed by atoms with Crippen molar-refractivity contribution in [1.29, 1.82) is 0 Å². The third kappa shape index (κ3) is 5.22. The molecular weight excluding hydrogens is 302 g/mol. The van der Waals surface area contributed by atoms with Crippen LogP contribution in [0.25, 0.3) is 6.08 Å². The van der Waals surface area contributed by atoms with Gasteiger partial charge in [-0.2, -0.15) is 0 Å². The van der Waals surface area contributed by atoms with Crippen molar-refractivity contribution in [2.24, 2.45) is 0 Å². The van der Waals surface area contributed by atoms with Crippen LogP contribution in [0.4, 0.5) is 0 Å². The fraction of sp³-hybridized carbons (Fsp3) is 0.0833. The molecule has 0 aliphatic carbocycles. The average Bonchev–Trinajstić information content (AvgIpc) is 2.68. The molecule has 0 saturated carbocycles. The van der Waals surface area contributed by atoms with Crippen LogP contribution in [0.5, 0.6) is 0 Å². The van der Waals surface area contributed by atoms with Crippen LogP contribution in [0.2, 0.25) is 0 Å². The second-order valence-corrected chi connectivity index (χ2v) is 6.06. The molecule has 0 heterocycles. The summed E-state index contributed by atoms with van der Waals surface area (Å²) < 4.78 is 0. The highest BCUT2D eigenvalue weighted by molar-refractivity contribution is 5.52. The number of nitrogens with zero attached hydrogens (tertiary/aromatic N) is 1. The topological polar surface area (TPSA) is 3.24 Å². The maximum absolute atomic E-state index is 4.30. The molecule has 0 aromatic heterocycles. The van der Waals surface area contributed by atoms with Crippen LogP contribution >= 0.6 is 0 Å². The van der Waals surface area contributed by atoms with Gasteiger partial charge < -0.3 is 4.90 Å². The van der Waals surface area contributed by atoms with Crippen LogP contribution in [0.3, 0.4) is 0 Å². The molecule has 0 radical (unpaired) electrons. The molecule has 0 N–H and O–H groups in total. The third-order valence-corrected chi connectivity index (χ3v) is 4.11. The number of benzene rings is 3. The lowest BCUT2D eigenvalue weighted by atomic mass is 10.1. The predicted octanol–water partition coefficient (Wildman–Crippen LogP) is 5.92. The van der Waals surface area contributed by atoms with Crippen LogP contribution < -0.4 is 0 Å². The lowest BCUT2D eigenvalue weighted by Crippen LogP contribution is -2.20. The summed E-state index contributed by atoms with van der Waals surface area (Å²) in [6, 6.07) is 31.4. The van der Waals surface area contributed by atoms with Gasteiger partial charge in [0.15, 0.2) is 0 Å². The van der Waals surface area contributed by atoms with E-state index >= 15 is 0 Å². The molecule has 0 fully saturated rings. The van der Waals surface area contributed by atoms with Crippen molar-refractivity contribution in [3.63, 3.8) is 0 Å². The number of hydrogen-bond acceptors (Lipinski definition) is 1. The molecule has 0 amide bonds. The van der Waals surface area contributed by atoms with Gasteiger partial charge in [-0.25, -0.2) is 0 Å². The van der Waals surface area contributed by atoms with E-state index in [9.17, 15) is 0 Å². The van der Waals surface area contributed by atoms with Crippen molar-refractivity contribution in [2.75, 3.05) is 0 Å². The quantitative estimate of drug-likeness (QED) is 0.488. The Hall–Kier alpha value is -3.06. The first-order valence-electron chi connectivity index (χ1n) is 8.56. The molecule has 0 aliphatic rings. The maximum Gasteiger partial charge on any atom is 0.0433 e. The molecule has 0 atom stereocenters. The zero-order valence-electron chi connectivity index (χ0n) is 14.4. The van der Waals surface area contributed by atoms with Crippen LogP contribution in [0, 0.1) is 0 Å². The smallest absolute Gasteiger partial charge is 0.0433 e. The summed E-state index contributed by atoms with van der Waals surface area (Å²) in [4.78, 5) is 2.31. The SMILES string of the molecule is C=C(/C=C/c1ccccc1)N(Cc1ccccc1)Cc1ccccc1. The van der Waals surface area contributed by atoms with Crippen molar-refractivity contribution in [3.05, 3.63) is 126 Å². The van der Waals surface area contributed by atoms with Gasteiger partial charge in [0.25, 0.3) is 0 Å².